The van der Waals surface area contributed by atoms with Gasteiger partial charge in [0.25, 0.3) is 0 Å². The van der Waals surface area contributed by atoms with E-state index in [0.717, 1.165) is 0 Å². The van der Waals surface area contributed by atoms with Crippen molar-refractivity contribution in [3.63, 3.8) is 0 Å². The van der Waals surface area contributed by atoms with Gasteiger partial charge in [-0.1, -0.05) is 0 Å². The summed E-state index contributed by atoms with van der Waals surface area (Å²) in [5, 5.41) is 0. The Balaban J connectivity index is 0. The first kappa shape index (κ1) is 140. The maximum absolute atomic E-state index is 0. The van der Waals surface area contributed by atoms with Gasteiger partial charge in [-0.15, -0.1) is 0 Å². The fraction of sp³-hybridized carbons (Fsp3) is 0. The number of hydrogen-bond acceptors (Lipinski definition) is 0. The molecule has 4 heavy (non-hydrogen) atoms. The summed E-state index contributed by atoms with van der Waals surface area (Å²) in [6.45, 7) is 0. The molecule has 0 aromatic carbocycles. The molecule has 0 fully saturated rings. The molecule has 0 aromatic rings. The molecule has 0 heterocycles. The van der Waals surface area contributed by atoms with Gasteiger partial charge in [0.2, 0.25) is 0 Å². The molecule has 0 aliphatic heterocycles. The summed E-state index contributed by atoms with van der Waals surface area (Å²) in [5.74, 6) is 0. The van der Waals surface area contributed by atoms with Crippen LogP contribution in [0.25, 0.3) is 0 Å². The number of hydrogen-bond donors (Lipinski definition) is 0. The summed E-state index contributed by atoms with van der Waals surface area (Å²) in [6.07, 6.45) is 0. The summed E-state index contributed by atoms with van der Waals surface area (Å²) in [7, 11) is 0. The predicted molar refractivity (Wildman–Crippen MR) is 21.4 cm³/mol. The number of rotatable bonds is 0. The summed E-state index contributed by atoms with van der Waals surface area (Å²) in [5.41, 5.74) is 0. The van der Waals surface area contributed by atoms with E-state index in [1.54, 1.807) is 0 Å². The first-order chi connectivity index (χ1) is 0. The molecule has 0 unspecified atom stereocenters. The van der Waals surface area contributed by atoms with Crippen LogP contribution in [0.3, 0.4) is 0 Å². The Hall–Kier alpha value is 0.669. The SMILES string of the molecule is O.[Al+3].[O-2].[SiH4]. The molecule has 2 N–H and O–H groups in total. The molecule has 24 valence electrons. The van der Waals surface area contributed by atoms with E-state index >= 15 is 0 Å². The second-order valence-corrected chi connectivity index (χ2v) is 0. The second kappa shape index (κ2) is 58.4. The average molecular weight is 93.1 g/mol. The molecular weight excluding hydrogens is 87.1 g/mol. The summed E-state index contributed by atoms with van der Waals surface area (Å²) in [4.78, 5) is 0. The van der Waals surface area contributed by atoms with E-state index in [1.165, 1.54) is 0 Å². The Labute approximate surface area is 40.0 Å². The van der Waals surface area contributed by atoms with Crippen molar-refractivity contribution in [2.45, 2.75) is 0 Å². The molecule has 0 aliphatic carbocycles. The van der Waals surface area contributed by atoms with Crippen LogP contribution in [0.2, 0.25) is 0 Å². The van der Waals surface area contributed by atoms with E-state index in [2.05, 4.69) is 0 Å². The van der Waals surface area contributed by atoms with Crippen LogP contribution in [-0.4, -0.2) is 33.8 Å². The van der Waals surface area contributed by atoms with Crippen molar-refractivity contribution in [3.05, 3.63) is 0 Å². The Morgan fingerprint density at radius 3 is 1.00 bits per heavy atom. The Bertz CT molecular complexity index is 6.00. The van der Waals surface area contributed by atoms with Gasteiger partial charge in [0.1, 0.15) is 0 Å². The minimum absolute atomic E-state index is 0. The normalized spacial score (nSPS) is 0. The van der Waals surface area contributed by atoms with Gasteiger partial charge < -0.3 is 11.0 Å². The summed E-state index contributed by atoms with van der Waals surface area (Å²) >= 11 is 0. The van der Waals surface area contributed by atoms with Gasteiger partial charge in [-0.05, 0) is 11.0 Å². The van der Waals surface area contributed by atoms with Crippen molar-refractivity contribution in [1.29, 1.82) is 0 Å². The van der Waals surface area contributed by atoms with Crippen molar-refractivity contribution < 1.29 is 11.0 Å². The predicted octanol–water partition coefficient (Wildman–Crippen LogP) is -2.78. The molecular formula is H6AlO2Si+. The van der Waals surface area contributed by atoms with E-state index in [9.17, 15) is 0 Å². The fourth-order valence-corrected chi connectivity index (χ4v) is 0. The van der Waals surface area contributed by atoms with Crippen LogP contribution in [0.1, 0.15) is 0 Å². The topological polar surface area (TPSA) is 60.0 Å². The van der Waals surface area contributed by atoms with Crippen molar-refractivity contribution in [3.8, 4) is 0 Å². The van der Waals surface area contributed by atoms with Crippen LogP contribution in [0.4, 0.5) is 0 Å². The van der Waals surface area contributed by atoms with Gasteiger partial charge in [0, 0.05) is 0 Å². The zero-order chi connectivity index (χ0) is 0. The maximum Gasteiger partial charge on any atom is 3.00 e. The van der Waals surface area contributed by atoms with Gasteiger partial charge in [0.15, 0.2) is 0 Å². The van der Waals surface area contributed by atoms with E-state index in [-0.39, 0.29) is 39.3 Å². The van der Waals surface area contributed by atoms with E-state index in [4.69, 9.17) is 0 Å². The molecule has 0 rings (SSSR count). The molecule has 2 nitrogen and oxygen atoms in total. The zero-order valence-corrected chi connectivity index (χ0v) is 2.64. The maximum atomic E-state index is 0. The zero-order valence-electron chi connectivity index (χ0n) is 1.49. The minimum Gasteiger partial charge on any atom is -2.00 e. The quantitative estimate of drug-likeness (QED) is 0.291. The molecule has 0 bridgehead atoms. The van der Waals surface area contributed by atoms with Gasteiger partial charge >= 0.3 is 17.4 Å². The van der Waals surface area contributed by atoms with Crippen molar-refractivity contribution in [2.24, 2.45) is 0 Å². The van der Waals surface area contributed by atoms with Gasteiger partial charge in [-0.3, -0.25) is 0 Å². The van der Waals surface area contributed by atoms with Crippen LogP contribution in [0.15, 0.2) is 0 Å². The minimum atomic E-state index is 0. The molecule has 0 spiro atoms. The third-order valence-electron chi connectivity index (χ3n) is 0. The monoisotopic (exact) mass is 93.0 g/mol. The van der Waals surface area contributed by atoms with Gasteiger partial charge in [-0.25, -0.2) is 0 Å². The van der Waals surface area contributed by atoms with E-state index in [1.807, 2.05) is 0 Å². The summed E-state index contributed by atoms with van der Waals surface area (Å²) in [6, 6.07) is 0. The molecule has 0 saturated heterocycles. The van der Waals surface area contributed by atoms with Crippen LogP contribution in [-0.2, 0) is 5.48 Å². The fourth-order valence-electron chi connectivity index (χ4n) is 0. The van der Waals surface area contributed by atoms with Gasteiger partial charge in [-0.2, -0.15) is 0 Å². The van der Waals surface area contributed by atoms with E-state index in [0.29, 0.717) is 0 Å². The molecule has 0 aliphatic rings. The Morgan fingerprint density at radius 2 is 1.00 bits per heavy atom. The third kappa shape index (κ3) is 16.6. The largest absolute Gasteiger partial charge is 3.00 e. The molecule has 0 atom stereocenters. The third-order valence-corrected chi connectivity index (χ3v) is 0. The van der Waals surface area contributed by atoms with Crippen LogP contribution >= 0.6 is 0 Å². The molecule has 0 aromatic heterocycles. The van der Waals surface area contributed by atoms with E-state index < -0.39 is 0 Å². The van der Waals surface area contributed by atoms with Crippen LogP contribution in [0.5, 0.6) is 0 Å². The second-order valence-electron chi connectivity index (χ2n) is 0. The smallest absolute Gasteiger partial charge is 2.00 e. The van der Waals surface area contributed by atoms with Crippen LogP contribution < -0.4 is 0 Å². The molecule has 4 heteroatoms. The average Bonchev–Trinajstić information content (AvgIpc) is 0. The van der Waals surface area contributed by atoms with Crippen LogP contribution in [0, 0.1) is 0 Å². The molecule has 0 saturated carbocycles. The standard InChI is InChI=1S/Al.H2O.O.H4Si/h;1H2;;1H4/q+3;;-2;. The first-order valence-corrected chi connectivity index (χ1v) is 0. The van der Waals surface area contributed by atoms with Gasteiger partial charge in [0.05, 0.1) is 0 Å². The molecule has 0 amide bonds. The van der Waals surface area contributed by atoms with Crippen molar-refractivity contribution >= 4 is 28.3 Å². The Kier molecular flexibility index (Phi) is 2050. The molecule has 0 radical (unpaired) electrons. The Morgan fingerprint density at radius 1 is 1.00 bits per heavy atom. The van der Waals surface area contributed by atoms with Crippen molar-refractivity contribution in [1.82, 2.24) is 0 Å². The van der Waals surface area contributed by atoms with Crippen molar-refractivity contribution in [2.75, 3.05) is 0 Å². The summed E-state index contributed by atoms with van der Waals surface area (Å²) < 4.78 is 0. The first-order valence-electron chi connectivity index (χ1n) is 0.